The molecule has 1 aliphatic rings. The molecule has 1 aromatic carbocycles. The van der Waals surface area contributed by atoms with Gasteiger partial charge >= 0.3 is 6.18 Å². The molecule has 5 nitrogen and oxygen atoms in total. The molecule has 172 valence electrons. The fraction of sp³-hybridized carbons (Fsp3) is 0.360. The number of halogens is 3. The van der Waals surface area contributed by atoms with Gasteiger partial charge in [-0.1, -0.05) is 25.1 Å². The first-order valence-corrected chi connectivity index (χ1v) is 11.1. The van der Waals surface area contributed by atoms with Gasteiger partial charge in [-0.15, -0.1) is 0 Å². The Morgan fingerprint density at radius 1 is 1.12 bits per heavy atom. The lowest BCUT2D eigenvalue weighted by Crippen LogP contribution is -2.40. The summed E-state index contributed by atoms with van der Waals surface area (Å²) in [6, 6.07) is 9.20. The second-order valence-corrected chi connectivity index (χ2v) is 9.04. The van der Waals surface area contributed by atoms with Crippen molar-refractivity contribution in [1.29, 1.82) is 0 Å². The van der Waals surface area contributed by atoms with Crippen molar-refractivity contribution in [2.75, 3.05) is 13.1 Å². The minimum Gasteiger partial charge on any atom is -0.342 e. The van der Waals surface area contributed by atoms with E-state index in [1.54, 1.807) is 18.3 Å². The summed E-state index contributed by atoms with van der Waals surface area (Å²) in [5, 5.41) is 1.51. The Morgan fingerprint density at radius 2 is 1.94 bits per heavy atom. The fourth-order valence-electron chi connectivity index (χ4n) is 4.97. The van der Waals surface area contributed by atoms with Gasteiger partial charge in [-0.2, -0.15) is 13.2 Å². The monoisotopic (exact) mass is 454 g/mol. The average Bonchev–Trinajstić information content (AvgIpc) is 3.16. The summed E-state index contributed by atoms with van der Waals surface area (Å²) in [6.45, 7) is 4.15. The number of hydrogen-bond acceptors (Lipinski definition) is 3. The molecule has 0 saturated carbocycles. The van der Waals surface area contributed by atoms with Gasteiger partial charge in [0.15, 0.2) is 5.43 Å². The van der Waals surface area contributed by atoms with E-state index in [1.807, 2.05) is 30.1 Å². The van der Waals surface area contributed by atoms with Crippen LogP contribution in [-0.2, 0) is 19.8 Å². The molecule has 0 amide bonds. The topological polar surface area (TPSA) is 43.1 Å². The van der Waals surface area contributed by atoms with Gasteiger partial charge in [0, 0.05) is 56.2 Å². The van der Waals surface area contributed by atoms with Crippen LogP contribution in [0.4, 0.5) is 13.2 Å². The molecule has 3 aromatic heterocycles. The van der Waals surface area contributed by atoms with Gasteiger partial charge in [0.25, 0.3) is 0 Å². The lowest BCUT2D eigenvalue weighted by atomic mass is 9.92. The normalized spacial score (nSPS) is 20.0. The van der Waals surface area contributed by atoms with E-state index in [1.165, 1.54) is 12.1 Å². The van der Waals surface area contributed by atoms with Gasteiger partial charge in [0.1, 0.15) is 5.65 Å². The van der Waals surface area contributed by atoms with E-state index in [4.69, 9.17) is 0 Å². The van der Waals surface area contributed by atoms with Crippen LogP contribution >= 0.6 is 0 Å². The minimum absolute atomic E-state index is 0.0659. The van der Waals surface area contributed by atoms with Crippen LogP contribution in [0.25, 0.3) is 21.9 Å². The summed E-state index contributed by atoms with van der Waals surface area (Å²) >= 11 is 0. The maximum absolute atomic E-state index is 13.1. The Kier molecular flexibility index (Phi) is 5.28. The Morgan fingerprint density at radius 3 is 2.73 bits per heavy atom. The van der Waals surface area contributed by atoms with E-state index in [2.05, 4.69) is 21.4 Å². The Bertz CT molecular complexity index is 1390. The lowest BCUT2D eigenvalue weighted by molar-refractivity contribution is -0.137. The number of alkyl halides is 3. The van der Waals surface area contributed by atoms with Gasteiger partial charge in [0.2, 0.25) is 0 Å². The zero-order valence-corrected chi connectivity index (χ0v) is 18.5. The summed E-state index contributed by atoms with van der Waals surface area (Å²) in [7, 11) is 1.92. The molecule has 2 atom stereocenters. The van der Waals surface area contributed by atoms with Crippen LogP contribution in [0.1, 0.15) is 30.5 Å². The third kappa shape index (κ3) is 3.93. The smallest absolute Gasteiger partial charge is 0.342 e. The lowest BCUT2D eigenvalue weighted by Gasteiger charge is -2.39. The highest BCUT2D eigenvalue weighted by Crippen LogP contribution is 2.34. The molecule has 8 heteroatoms. The first-order chi connectivity index (χ1) is 15.7. The van der Waals surface area contributed by atoms with Crippen LogP contribution in [0, 0.1) is 5.92 Å². The number of pyridine rings is 2. The van der Waals surface area contributed by atoms with Crippen LogP contribution < -0.4 is 5.43 Å². The molecular formula is C25H25F3N4O. The summed E-state index contributed by atoms with van der Waals surface area (Å²) < 4.78 is 43.5. The van der Waals surface area contributed by atoms with Crippen molar-refractivity contribution in [1.82, 2.24) is 19.0 Å². The highest BCUT2D eigenvalue weighted by atomic mass is 19.4. The van der Waals surface area contributed by atoms with Crippen molar-refractivity contribution in [2.24, 2.45) is 13.0 Å². The van der Waals surface area contributed by atoms with E-state index >= 15 is 0 Å². The summed E-state index contributed by atoms with van der Waals surface area (Å²) in [5.74, 6) is 0.348. The number of nitrogens with zero attached hydrogens (tertiary/aromatic N) is 4. The predicted molar refractivity (Wildman–Crippen MR) is 122 cm³/mol. The quantitative estimate of drug-likeness (QED) is 0.438. The number of benzene rings is 1. The first kappa shape index (κ1) is 21.7. The molecule has 33 heavy (non-hydrogen) atoms. The zero-order chi connectivity index (χ0) is 23.3. The Hall–Kier alpha value is -3.13. The van der Waals surface area contributed by atoms with Crippen molar-refractivity contribution in [3.8, 4) is 0 Å². The molecular weight excluding hydrogens is 429 g/mol. The van der Waals surface area contributed by atoms with Gasteiger partial charge in [-0.05, 0) is 36.6 Å². The maximum atomic E-state index is 13.1. The largest absolute Gasteiger partial charge is 0.416 e. The number of rotatable bonds is 3. The zero-order valence-electron chi connectivity index (χ0n) is 18.5. The van der Waals surface area contributed by atoms with Crippen LogP contribution in [0.15, 0.2) is 59.8 Å². The highest BCUT2D eigenvalue weighted by molar-refractivity contribution is 6.02. The molecule has 2 unspecified atom stereocenters. The van der Waals surface area contributed by atoms with E-state index in [9.17, 15) is 18.0 Å². The summed E-state index contributed by atoms with van der Waals surface area (Å²) in [4.78, 5) is 19.3. The third-order valence-electron chi connectivity index (χ3n) is 6.80. The summed E-state index contributed by atoms with van der Waals surface area (Å²) in [6.07, 6.45) is 2.00. The molecule has 0 radical (unpaired) electrons. The first-order valence-electron chi connectivity index (χ1n) is 11.1. The number of fused-ring (bicyclic) bond motifs is 3. The van der Waals surface area contributed by atoms with Crippen LogP contribution in [0.2, 0.25) is 0 Å². The number of likely N-dealkylation sites (tertiary alicyclic amines) is 1. The van der Waals surface area contributed by atoms with Crippen molar-refractivity contribution in [3.05, 3.63) is 76.3 Å². The SMILES string of the molecule is CC1CCN(Cc2cccc(C(F)(F)F)c2)CC1n1ccc(=O)c2cnc3c(ccn3C)c21. The molecule has 1 saturated heterocycles. The number of hydrogen-bond donors (Lipinski definition) is 0. The van der Waals surface area contributed by atoms with Crippen molar-refractivity contribution < 1.29 is 13.2 Å². The second-order valence-electron chi connectivity index (χ2n) is 9.04. The molecule has 1 fully saturated rings. The molecule has 0 N–H and O–H groups in total. The highest BCUT2D eigenvalue weighted by Gasteiger charge is 2.32. The van der Waals surface area contributed by atoms with E-state index in [0.29, 0.717) is 30.0 Å². The summed E-state index contributed by atoms with van der Waals surface area (Å²) in [5.41, 5.74) is 1.64. The van der Waals surface area contributed by atoms with E-state index < -0.39 is 11.7 Å². The number of aryl methyl sites for hydroxylation is 1. The molecule has 0 spiro atoms. The van der Waals surface area contributed by atoms with Crippen molar-refractivity contribution >= 4 is 21.9 Å². The van der Waals surface area contributed by atoms with E-state index in [0.717, 1.165) is 35.6 Å². The van der Waals surface area contributed by atoms with Crippen molar-refractivity contribution in [3.63, 3.8) is 0 Å². The molecule has 5 rings (SSSR count). The van der Waals surface area contributed by atoms with Crippen LogP contribution in [0.3, 0.4) is 0 Å². The minimum atomic E-state index is -4.35. The third-order valence-corrected chi connectivity index (χ3v) is 6.80. The fourth-order valence-corrected chi connectivity index (χ4v) is 4.97. The van der Waals surface area contributed by atoms with Crippen LogP contribution in [-0.4, -0.2) is 32.1 Å². The van der Waals surface area contributed by atoms with Crippen LogP contribution in [0.5, 0.6) is 0 Å². The van der Waals surface area contributed by atoms with Gasteiger partial charge in [-0.3, -0.25) is 9.69 Å². The van der Waals surface area contributed by atoms with Crippen molar-refractivity contribution in [2.45, 2.75) is 32.1 Å². The molecule has 0 aliphatic carbocycles. The predicted octanol–water partition coefficient (Wildman–Crippen LogP) is 4.99. The molecule has 4 heterocycles. The standard InChI is InChI=1S/C25H25F3N4O/c1-16-6-10-31(14-17-4-3-5-18(12-17)25(26,27)28)15-21(16)32-11-8-22(33)20-13-29-24-19(23(20)32)7-9-30(24)2/h3-5,7-9,11-13,16,21H,6,10,14-15H2,1-2H3. The average molecular weight is 454 g/mol. The van der Waals surface area contributed by atoms with Gasteiger partial charge in [-0.25, -0.2) is 4.98 Å². The van der Waals surface area contributed by atoms with Gasteiger partial charge in [0.05, 0.1) is 16.5 Å². The number of aromatic nitrogens is 3. The van der Waals surface area contributed by atoms with E-state index in [-0.39, 0.29) is 11.5 Å². The maximum Gasteiger partial charge on any atom is 0.416 e. The molecule has 1 aliphatic heterocycles. The Balaban J connectivity index is 1.52. The number of piperidine rings is 1. The Labute approximate surface area is 189 Å². The van der Waals surface area contributed by atoms with Gasteiger partial charge < -0.3 is 9.13 Å². The second kappa shape index (κ2) is 8.02. The molecule has 0 bridgehead atoms. The molecule has 4 aromatic rings.